The zero-order valence-electron chi connectivity index (χ0n) is 12.2. The number of nitrogens with zero attached hydrogens (tertiary/aromatic N) is 1. The highest BCUT2D eigenvalue weighted by Gasteiger charge is 2.21. The van der Waals surface area contributed by atoms with Gasteiger partial charge in [-0.05, 0) is 26.3 Å². The summed E-state index contributed by atoms with van der Waals surface area (Å²) < 4.78 is 19.3. The summed E-state index contributed by atoms with van der Waals surface area (Å²) in [6.45, 7) is 6.90. The van der Waals surface area contributed by atoms with E-state index < -0.39 is 6.10 Å². The van der Waals surface area contributed by atoms with Gasteiger partial charge in [0.1, 0.15) is 5.82 Å². The molecule has 0 amide bonds. The smallest absolute Gasteiger partial charge is 0.146 e. The maximum absolute atomic E-state index is 14.2. The zero-order valence-corrected chi connectivity index (χ0v) is 12.2. The van der Waals surface area contributed by atoms with Crippen molar-refractivity contribution in [2.24, 2.45) is 0 Å². The van der Waals surface area contributed by atoms with Gasteiger partial charge in [0.05, 0.1) is 18.4 Å². The SMILES string of the molecule is CCC(C)N(CCOC)c1c(F)cccc1[C@H](C)O. The average Bonchev–Trinajstić information content (AvgIpc) is 2.39. The molecule has 4 heteroatoms. The van der Waals surface area contributed by atoms with Gasteiger partial charge < -0.3 is 14.7 Å². The molecule has 1 rings (SSSR count). The molecule has 1 aromatic rings. The minimum Gasteiger partial charge on any atom is -0.389 e. The van der Waals surface area contributed by atoms with Crippen LogP contribution in [-0.4, -0.2) is 31.4 Å². The molecule has 2 atom stereocenters. The molecule has 1 N–H and O–H groups in total. The first-order chi connectivity index (χ1) is 9.02. The first kappa shape index (κ1) is 15.9. The van der Waals surface area contributed by atoms with Crippen molar-refractivity contribution >= 4 is 5.69 Å². The third-order valence-electron chi connectivity index (χ3n) is 3.41. The molecule has 0 aliphatic carbocycles. The summed E-state index contributed by atoms with van der Waals surface area (Å²) in [7, 11) is 1.63. The van der Waals surface area contributed by atoms with Crippen LogP contribution in [0.1, 0.15) is 38.9 Å². The summed E-state index contributed by atoms with van der Waals surface area (Å²) in [5, 5.41) is 9.83. The molecule has 1 aromatic carbocycles. The van der Waals surface area contributed by atoms with Crippen molar-refractivity contribution in [3.63, 3.8) is 0 Å². The van der Waals surface area contributed by atoms with Crippen molar-refractivity contribution in [2.45, 2.75) is 39.3 Å². The highest BCUT2D eigenvalue weighted by atomic mass is 19.1. The Bertz CT molecular complexity index is 396. The van der Waals surface area contributed by atoms with Crippen LogP contribution in [-0.2, 0) is 4.74 Å². The fraction of sp³-hybridized carbons (Fsp3) is 0.600. The molecular weight excluding hydrogens is 245 g/mol. The second-order valence-corrected chi connectivity index (χ2v) is 4.80. The van der Waals surface area contributed by atoms with Crippen molar-refractivity contribution in [2.75, 3.05) is 25.2 Å². The molecule has 0 aromatic heterocycles. The van der Waals surface area contributed by atoms with E-state index in [1.807, 2.05) is 11.8 Å². The maximum Gasteiger partial charge on any atom is 0.146 e. The lowest BCUT2D eigenvalue weighted by Gasteiger charge is -2.33. The van der Waals surface area contributed by atoms with Crippen LogP contribution in [0, 0.1) is 5.82 Å². The quantitative estimate of drug-likeness (QED) is 0.825. The Hall–Kier alpha value is -1.13. The third kappa shape index (κ3) is 3.91. The maximum atomic E-state index is 14.2. The second-order valence-electron chi connectivity index (χ2n) is 4.80. The van der Waals surface area contributed by atoms with E-state index in [0.29, 0.717) is 24.4 Å². The second kappa shape index (κ2) is 7.46. The van der Waals surface area contributed by atoms with Crippen molar-refractivity contribution in [3.8, 4) is 0 Å². The van der Waals surface area contributed by atoms with Gasteiger partial charge in [0, 0.05) is 25.3 Å². The third-order valence-corrected chi connectivity index (χ3v) is 3.41. The number of aliphatic hydroxyl groups excluding tert-OH is 1. The van der Waals surface area contributed by atoms with Crippen LogP contribution in [0.2, 0.25) is 0 Å². The first-order valence-electron chi connectivity index (χ1n) is 6.74. The molecule has 19 heavy (non-hydrogen) atoms. The van der Waals surface area contributed by atoms with Crippen LogP contribution < -0.4 is 4.90 Å². The lowest BCUT2D eigenvalue weighted by Crippen LogP contribution is -2.37. The van der Waals surface area contributed by atoms with Gasteiger partial charge in [-0.1, -0.05) is 19.1 Å². The number of anilines is 1. The number of benzene rings is 1. The minimum atomic E-state index is -0.695. The summed E-state index contributed by atoms with van der Waals surface area (Å²) in [6.07, 6.45) is 0.205. The number of methoxy groups -OCH3 is 1. The van der Waals surface area contributed by atoms with E-state index in [1.165, 1.54) is 6.07 Å². The summed E-state index contributed by atoms with van der Waals surface area (Å²) >= 11 is 0. The first-order valence-corrected chi connectivity index (χ1v) is 6.74. The summed E-state index contributed by atoms with van der Waals surface area (Å²) in [5.41, 5.74) is 1.11. The predicted molar refractivity (Wildman–Crippen MR) is 76.0 cm³/mol. The van der Waals surface area contributed by atoms with E-state index in [1.54, 1.807) is 26.2 Å². The Morgan fingerprint density at radius 1 is 1.37 bits per heavy atom. The molecular formula is C15H24FNO2. The Morgan fingerprint density at radius 2 is 2.05 bits per heavy atom. The molecule has 0 heterocycles. The largest absolute Gasteiger partial charge is 0.389 e. The molecule has 0 radical (unpaired) electrons. The Morgan fingerprint density at radius 3 is 2.58 bits per heavy atom. The standard InChI is InChI=1S/C15H24FNO2/c1-5-11(2)17(9-10-19-4)15-13(12(3)18)7-6-8-14(15)16/h6-8,11-12,18H,5,9-10H2,1-4H3/t11?,12-/m0/s1. The summed E-state index contributed by atoms with van der Waals surface area (Å²) in [6, 6.07) is 5.02. The van der Waals surface area contributed by atoms with E-state index in [4.69, 9.17) is 4.74 Å². The topological polar surface area (TPSA) is 32.7 Å². The Balaban J connectivity index is 3.20. The number of aliphatic hydroxyl groups is 1. The van der Waals surface area contributed by atoms with E-state index in [2.05, 4.69) is 6.92 Å². The van der Waals surface area contributed by atoms with Crippen molar-refractivity contribution in [1.82, 2.24) is 0 Å². The van der Waals surface area contributed by atoms with Crippen LogP contribution in [0.25, 0.3) is 0 Å². The summed E-state index contributed by atoms with van der Waals surface area (Å²) in [4.78, 5) is 1.97. The molecule has 0 aliphatic rings. The van der Waals surface area contributed by atoms with E-state index in [0.717, 1.165) is 6.42 Å². The number of para-hydroxylation sites is 1. The minimum absolute atomic E-state index is 0.185. The fourth-order valence-electron chi connectivity index (χ4n) is 2.13. The number of rotatable bonds is 7. The van der Waals surface area contributed by atoms with Crippen LogP contribution in [0.5, 0.6) is 0 Å². The average molecular weight is 269 g/mol. The molecule has 0 spiro atoms. The van der Waals surface area contributed by atoms with Crippen molar-refractivity contribution in [1.29, 1.82) is 0 Å². The molecule has 0 saturated carbocycles. The van der Waals surface area contributed by atoms with Gasteiger partial charge in [0.2, 0.25) is 0 Å². The van der Waals surface area contributed by atoms with E-state index >= 15 is 0 Å². The Kier molecular flexibility index (Phi) is 6.25. The summed E-state index contributed by atoms with van der Waals surface area (Å²) in [5.74, 6) is -0.296. The fourth-order valence-corrected chi connectivity index (χ4v) is 2.13. The van der Waals surface area contributed by atoms with Crippen LogP contribution in [0.3, 0.4) is 0 Å². The highest BCUT2D eigenvalue weighted by Crippen LogP contribution is 2.31. The van der Waals surface area contributed by atoms with E-state index in [-0.39, 0.29) is 11.9 Å². The number of halogens is 1. The molecule has 0 bridgehead atoms. The van der Waals surface area contributed by atoms with E-state index in [9.17, 15) is 9.50 Å². The van der Waals surface area contributed by atoms with Crippen molar-refractivity contribution < 1.29 is 14.2 Å². The van der Waals surface area contributed by atoms with Crippen LogP contribution >= 0.6 is 0 Å². The highest BCUT2D eigenvalue weighted by molar-refractivity contribution is 5.56. The molecule has 108 valence electrons. The zero-order chi connectivity index (χ0) is 14.4. The van der Waals surface area contributed by atoms with Gasteiger partial charge >= 0.3 is 0 Å². The van der Waals surface area contributed by atoms with Gasteiger partial charge in [0.15, 0.2) is 0 Å². The molecule has 3 nitrogen and oxygen atoms in total. The number of hydrogen-bond acceptors (Lipinski definition) is 3. The predicted octanol–water partition coefficient (Wildman–Crippen LogP) is 3.13. The normalized spacial score (nSPS) is 14.2. The lowest BCUT2D eigenvalue weighted by molar-refractivity contribution is 0.195. The number of ether oxygens (including phenoxy) is 1. The molecule has 0 aliphatic heterocycles. The molecule has 0 saturated heterocycles. The number of hydrogen-bond donors (Lipinski definition) is 1. The van der Waals surface area contributed by atoms with Gasteiger partial charge in [-0.2, -0.15) is 0 Å². The van der Waals surface area contributed by atoms with Gasteiger partial charge in [-0.15, -0.1) is 0 Å². The van der Waals surface area contributed by atoms with Gasteiger partial charge in [0.25, 0.3) is 0 Å². The lowest BCUT2D eigenvalue weighted by atomic mass is 10.0. The van der Waals surface area contributed by atoms with Crippen molar-refractivity contribution in [3.05, 3.63) is 29.6 Å². The van der Waals surface area contributed by atoms with Gasteiger partial charge in [-0.3, -0.25) is 0 Å². The molecule has 1 unspecified atom stereocenters. The van der Waals surface area contributed by atoms with Crippen LogP contribution in [0.4, 0.5) is 10.1 Å². The van der Waals surface area contributed by atoms with Crippen LogP contribution in [0.15, 0.2) is 18.2 Å². The Labute approximate surface area is 115 Å². The monoisotopic (exact) mass is 269 g/mol. The molecule has 0 fully saturated rings. The van der Waals surface area contributed by atoms with Gasteiger partial charge in [-0.25, -0.2) is 4.39 Å².